The number of rotatable bonds is 3. The summed E-state index contributed by atoms with van der Waals surface area (Å²) in [5.41, 5.74) is -1.22. The Labute approximate surface area is 96.1 Å². The lowest BCUT2D eigenvalue weighted by atomic mass is 9.99. The lowest BCUT2D eigenvalue weighted by molar-refractivity contribution is -0.145. The normalized spacial score (nSPS) is 30.5. The zero-order chi connectivity index (χ0) is 10.8. The van der Waals surface area contributed by atoms with Gasteiger partial charge in [0.1, 0.15) is 0 Å². The van der Waals surface area contributed by atoms with E-state index in [0.29, 0.717) is 0 Å². The molecule has 0 spiro atoms. The second-order valence-corrected chi connectivity index (χ2v) is 4.05. The fourth-order valence-electron chi connectivity index (χ4n) is 1.09. The van der Waals surface area contributed by atoms with Crippen LogP contribution in [0.1, 0.15) is 0 Å². The first kappa shape index (κ1) is 11.9. The Morgan fingerprint density at radius 1 is 1.79 bits per heavy atom. The lowest BCUT2D eigenvalue weighted by Gasteiger charge is -2.30. The van der Waals surface area contributed by atoms with Crippen LogP contribution in [-0.2, 0) is 14.3 Å². The molecule has 0 aromatic carbocycles. The number of nitrogens with zero attached hydrogens (tertiary/aromatic N) is 1. The van der Waals surface area contributed by atoms with E-state index in [0.717, 1.165) is 6.40 Å². The van der Waals surface area contributed by atoms with E-state index in [2.05, 4.69) is 9.73 Å². The van der Waals surface area contributed by atoms with Crippen molar-refractivity contribution in [2.24, 2.45) is 4.99 Å². The van der Waals surface area contributed by atoms with Crippen LogP contribution in [0, 0.1) is 0 Å². The molecule has 4 nitrogen and oxygen atoms in total. The van der Waals surface area contributed by atoms with Crippen LogP contribution in [0.25, 0.3) is 0 Å². The molecule has 0 bridgehead atoms. The monoisotopic (exact) mass is 259 g/mol. The third-order valence-corrected chi connectivity index (χ3v) is 3.10. The molecule has 7 heteroatoms. The van der Waals surface area contributed by atoms with Crippen molar-refractivity contribution in [3.63, 3.8) is 0 Å². The van der Waals surface area contributed by atoms with Gasteiger partial charge in [-0.15, -0.1) is 34.8 Å². The van der Waals surface area contributed by atoms with Gasteiger partial charge in [-0.1, -0.05) is 0 Å². The highest BCUT2D eigenvalue weighted by Crippen LogP contribution is 2.34. The summed E-state index contributed by atoms with van der Waals surface area (Å²) in [6, 6.07) is -0.912. The van der Waals surface area contributed by atoms with Crippen molar-refractivity contribution < 1.29 is 14.3 Å². The molecule has 1 aliphatic heterocycles. The van der Waals surface area contributed by atoms with Crippen LogP contribution in [0.3, 0.4) is 0 Å². The highest BCUT2D eigenvalue weighted by atomic mass is 35.5. The van der Waals surface area contributed by atoms with Gasteiger partial charge in [0.2, 0.25) is 0 Å². The van der Waals surface area contributed by atoms with Crippen LogP contribution in [0.4, 0.5) is 0 Å². The second kappa shape index (κ2) is 4.55. The van der Waals surface area contributed by atoms with Crippen molar-refractivity contribution in [2.75, 3.05) is 13.0 Å². The Hall–Kier alpha value is -0.190. The molecule has 0 saturated carbocycles. The van der Waals surface area contributed by atoms with Gasteiger partial charge in [-0.3, -0.25) is 0 Å². The SMILES string of the molecule is COC(=O)[C@@H]1N=CO[C@@]1(CCl)C(Cl)Cl. The van der Waals surface area contributed by atoms with Gasteiger partial charge in [0, 0.05) is 0 Å². The van der Waals surface area contributed by atoms with Crippen LogP contribution in [0.15, 0.2) is 4.99 Å². The molecule has 0 saturated heterocycles. The van der Waals surface area contributed by atoms with Crippen molar-refractivity contribution >= 4 is 47.2 Å². The van der Waals surface area contributed by atoms with Crippen LogP contribution < -0.4 is 0 Å². The molecular formula is C7H8Cl3NO3. The molecule has 0 N–H and O–H groups in total. The smallest absolute Gasteiger partial charge is 0.335 e. The first-order valence-electron chi connectivity index (χ1n) is 3.70. The highest BCUT2D eigenvalue weighted by Gasteiger charge is 2.53. The van der Waals surface area contributed by atoms with Crippen LogP contribution in [0.2, 0.25) is 0 Å². The van der Waals surface area contributed by atoms with Crippen molar-refractivity contribution in [3.05, 3.63) is 0 Å². The fourth-order valence-corrected chi connectivity index (χ4v) is 2.10. The average Bonchev–Trinajstić information content (AvgIpc) is 2.61. The van der Waals surface area contributed by atoms with E-state index in [9.17, 15) is 4.79 Å². The van der Waals surface area contributed by atoms with E-state index in [1.165, 1.54) is 7.11 Å². The Bertz CT molecular complexity index is 259. The Kier molecular flexibility index (Phi) is 3.86. The molecule has 0 radical (unpaired) electrons. The minimum absolute atomic E-state index is 0.0512. The van der Waals surface area contributed by atoms with Crippen molar-refractivity contribution in [2.45, 2.75) is 16.5 Å². The van der Waals surface area contributed by atoms with E-state index in [1.807, 2.05) is 0 Å². The van der Waals surface area contributed by atoms with E-state index in [-0.39, 0.29) is 5.88 Å². The molecule has 2 atom stereocenters. The molecule has 14 heavy (non-hydrogen) atoms. The molecule has 0 fully saturated rings. The summed E-state index contributed by atoms with van der Waals surface area (Å²) < 4.78 is 9.63. The third-order valence-electron chi connectivity index (χ3n) is 1.95. The predicted octanol–water partition coefficient (Wildman–Crippen LogP) is 1.37. The number of hydrogen-bond donors (Lipinski definition) is 0. The molecule has 1 rings (SSSR count). The Balaban J connectivity index is 2.92. The van der Waals surface area contributed by atoms with E-state index in [1.54, 1.807) is 0 Å². The van der Waals surface area contributed by atoms with Crippen molar-refractivity contribution in [1.29, 1.82) is 0 Å². The van der Waals surface area contributed by atoms with Gasteiger partial charge >= 0.3 is 5.97 Å². The third kappa shape index (κ3) is 1.78. The van der Waals surface area contributed by atoms with E-state index >= 15 is 0 Å². The first-order valence-corrected chi connectivity index (χ1v) is 5.10. The van der Waals surface area contributed by atoms with Gasteiger partial charge < -0.3 is 9.47 Å². The summed E-state index contributed by atoms with van der Waals surface area (Å²) in [6.07, 6.45) is 1.11. The molecule has 0 aliphatic carbocycles. The van der Waals surface area contributed by atoms with Gasteiger partial charge in [0.15, 0.2) is 22.9 Å². The highest BCUT2D eigenvalue weighted by molar-refractivity contribution is 6.46. The number of ether oxygens (including phenoxy) is 2. The Morgan fingerprint density at radius 2 is 2.43 bits per heavy atom. The molecule has 1 heterocycles. The predicted molar refractivity (Wildman–Crippen MR) is 54.3 cm³/mol. The molecule has 1 aliphatic rings. The second-order valence-electron chi connectivity index (χ2n) is 2.69. The summed E-state index contributed by atoms with van der Waals surface area (Å²) in [7, 11) is 1.24. The number of esters is 1. The number of hydrogen-bond acceptors (Lipinski definition) is 4. The summed E-state index contributed by atoms with van der Waals surface area (Å²) in [6.45, 7) is 0. The summed E-state index contributed by atoms with van der Waals surface area (Å²) in [5, 5.41) is 0. The van der Waals surface area contributed by atoms with Crippen LogP contribution in [0.5, 0.6) is 0 Å². The zero-order valence-electron chi connectivity index (χ0n) is 7.25. The molecule has 0 unspecified atom stereocenters. The average molecular weight is 261 g/mol. The maximum absolute atomic E-state index is 11.3. The first-order chi connectivity index (χ1) is 6.58. The van der Waals surface area contributed by atoms with Gasteiger partial charge in [-0.25, -0.2) is 9.79 Å². The largest absolute Gasteiger partial charge is 0.470 e. The fraction of sp³-hybridized carbons (Fsp3) is 0.714. The van der Waals surface area contributed by atoms with Crippen molar-refractivity contribution in [3.8, 4) is 0 Å². The Morgan fingerprint density at radius 3 is 2.86 bits per heavy atom. The maximum atomic E-state index is 11.3. The number of methoxy groups -OCH3 is 1. The van der Waals surface area contributed by atoms with Gasteiger partial charge in [0.05, 0.1) is 13.0 Å². The number of carbonyl (C=O) groups is 1. The molecule has 0 aromatic heterocycles. The molecule has 0 amide bonds. The topological polar surface area (TPSA) is 47.9 Å². The molecule has 80 valence electrons. The number of alkyl halides is 3. The van der Waals surface area contributed by atoms with Crippen molar-refractivity contribution in [1.82, 2.24) is 0 Å². The summed E-state index contributed by atoms with van der Waals surface area (Å²) in [4.78, 5) is 14.1. The minimum Gasteiger partial charge on any atom is -0.470 e. The quantitative estimate of drug-likeness (QED) is 0.569. The van der Waals surface area contributed by atoms with E-state index < -0.39 is 22.4 Å². The summed E-state index contributed by atoms with van der Waals surface area (Å²) >= 11 is 17.1. The molecular weight excluding hydrogens is 252 g/mol. The standard InChI is InChI=1S/C7H8Cl3NO3/c1-13-5(12)4-7(2-8,6(9)10)14-3-11-4/h3-4,6H,2H2,1H3/t4-,7+/m0/s1. The lowest BCUT2D eigenvalue weighted by Crippen LogP contribution is -2.51. The van der Waals surface area contributed by atoms with E-state index in [4.69, 9.17) is 39.5 Å². The van der Waals surface area contributed by atoms with Gasteiger partial charge in [-0.05, 0) is 0 Å². The number of halogens is 3. The maximum Gasteiger partial charge on any atom is 0.335 e. The number of carbonyl (C=O) groups excluding carboxylic acids is 1. The molecule has 0 aromatic rings. The van der Waals surface area contributed by atoms with Gasteiger partial charge in [-0.2, -0.15) is 0 Å². The summed E-state index contributed by atoms with van der Waals surface area (Å²) in [5.74, 6) is -0.629. The van der Waals surface area contributed by atoms with Crippen LogP contribution in [-0.4, -0.2) is 41.8 Å². The van der Waals surface area contributed by atoms with Gasteiger partial charge in [0.25, 0.3) is 0 Å². The zero-order valence-corrected chi connectivity index (χ0v) is 9.51. The minimum atomic E-state index is -1.22. The van der Waals surface area contributed by atoms with Crippen LogP contribution >= 0.6 is 34.8 Å². The number of aliphatic imine (C=N–C) groups is 1.